The molecule has 6 aromatic carbocycles. The van der Waals surface area contributed by atoms with Crippen LogP contribution in [-0.4, -0.2) is 24.6 Å². The highest BCUT2D eigenvalue weighted by Crippen LogP contribution is 2.40. The Morgan fingerprint density at radius 3 is 1.27 bits per heavy atom. The summed E-state index contributed by atoms with van der Waals surface area (Å²) < 4.78 is 152. The first kappa shape index (κ1) is 51.3. The van der Waals surface area contributed by atoms with Crippen molar-refractivity contribution in [3.63, 3.8) is 0 Å². The molecular formula is C53H46F10O4-2. The number of phenolic OH excluding ortho intramolecular Hbond substituents is 1. The van der Waals surface area contributed by atoms with E-state index in [2.05, 4.69) is 0 Å². The number of aryl methyl sites for hydroxylation is 2. The lowest BCUT2D eigenvalue weighted by atomic mass is 9.91. The Balaban J connectivity index is 0.000000244. The summed E-state index contributed by atoms with van der Waals surface area (Å²) in [5.74, 6) is -0.784. The smallest absolute Gasteiger partial charge is 0.392 e. The summed E-state index contributed by atoms with van der Waals surface area (Å²) in [4.78, 5) is 0. The van der Waals surface area contributed by atoms with Crippen LogP contribution in [0.3, 0.4) is 0 Å². The van der Waals surface area contributed by atoms with Crippen LogP contribution >= 0.6 is 0 Å². The molecule has 0 amide bonds. The Kier molecular flexibility index (Phi) is 16.0. The van der Waals surface area contributed by atoms with Crippen molar-refractivity contribution < 1.29 is 63.2 Å². The maximum absolute atomic E-state index is 14.8. The number of methoxy groups -OCH3 is 1. The highest BCUT2D eigenvalue weighted by atomic mass is 19.4. The van der Waals surface area contributed by atoms with E-state index in [9.17, 15) is 49.0 Å². The number of rotatable bonds is 9. The molecule has 0 saturated heterocycles. The molecule has 14 heteroatoms. The number of benzene rings is 6. The van der Waals surface area contributed by atoms with Gasteiger partial charge in [0, 0.05) is 43.1 Å². The van der Waals surface area contributed by atoms with Crippen molar-refractivity contribution >= 4 is 23.3 Å². The number of hydrogen-bond acceptors (Lipinski definition) is 4. The fraction of sp³-hybridized carbons (Fsp3) is 0.208. The first-order valence-corrected chi connectivity index (χ1v) is 20.5. The van der Waals surface area contributed by atoms with Crippen LogP contribution < -0.4 is 35.1 Å². The summed E-state index contributed by atoms with van der Waals surface area (Å²) in [7, 11) is 1.53. The van der Waals surface area contributed by atoms with Crippen LogP contribution in [0.2, 0.25) is 0 Å². The predicted octanol–water partition coefficient (Wildman–Crippen LogP) is 12.6. The van der Waals surface area contributed by atoms with Crippen LogP contribution in [-0.2, 0) is 12.8 Å². The lowest BCUT2D eigenvalue weighted by Gasteiger charge is -2.22. The Hall–Kier alpha value is -6.70. The van der Waals surface area contributed by atoms with Crippen molar-refractivity contribution in [2.75, 3.05) is 7.11 Å². The van der Waals surface area contributed by atoms with Gasteiger partial charge in [0.05, 0.1) is 20.0 Å². The molecule has 0 aromatic heterocycles. The summed E-state index contributed by atoms with van der Waals surface area (Å²) >= 11 is 0. The van der Waals surface area contributed by atoms with Gasteiger partial charge in [0.15, 0.2) is 0 Å². The van der Waals surface area contributed by atoms with Gasteiger partial charge >= 0.3 is 12.4 Å². The monoisotopic (exact) mass is 936 g/mol. The zero-order valence-corrected chi connectivity index (χ0v) is 37.1. The van der Waals surface area contributed by atoms with Crippen LogP contribution in [0.5, 0.6) is 34.5 Å². The summed E-state index contributed by atoms with van der Waals surface area (Å²) in [6.07, 6.45) is -7.49. The van der Waals surface area contributed by atoms with Crippen molar-refractivity contribution in [2.24, 2.45) is 0 Å². The van der Waals surface area contributed by atoms with Gasteiger partial charge in [-0.05, 0) is 108 Å². The van der Waals surface area contributed by atoms with Crippen molar-refractivity contribution in [3.8, 4) is 34.5 Å². The summed E-state index contributed by atoms with van der Waals surface area (Å²) in [6, 6.07) is 23.6. The van der Waals surface area contributed by atoms with E-state index in [1.807, 2.05) is 13.8 Å². The van der Waals surface area contributed by atoms with E-state index in [0.29, 0.717) is 86.3 Å². The Bertz CT molecular complexity index is 3010. The number of fused-ring (bicyclic) bond motifs is 4. The molecule has 0 spiro atoms. The summed E-state index contributed by atoms with van der Waals surface area (Å²) in [5.41, 5.74) is 3.98. The van der Waals surface area contributed by atoms with E-state index < -0.39 is 48.5 Å². The van der Waals surface area contributed by atoms with Crippen LogP contribution in [0.15, 0.2) is 97.1 Å². The standard InChI is InChI=1S/C26H21F5O2.C25H19F5O2.2CH3/c1-3-4-16-11-23-19(13-21(16)27)25(15-5-7-18(32-2)8-6-15)20-14-22(28)17(12-24(20)33-23)9-10-26(29,30)31;1-2-3-15-10-22-18(12-20(15)26)24(14-4-6-17(31)7-5-14)19-13-21(27)16(11-23(19)32-22)8-9-25(28,29)30;;/h5-9,11-14H,3-4,10H2,1-2H3;4-8,10-13,31H,2-3,9H2,1H3;2*1H3/q;;2*-1/b17-9-;16-8-;;. The molecule has 67 heavy (non-hydrogen) atoms. The van der Waals surface area contributed by atoms with Gasteiger partial charge in [-0.25, -0.2) is 17.6 Å². The van der Waals surface area contributed by atoms with E-state index >= 15 is 0 Å². The van der Waals surface area contributed by atoms with Crippen molar-refractivity contribution in [2.45, 2.75) is 64.7 Å². The van der Waals surface area contributed by atoms with Crippen LogP contribution in [0.1, 0.15) is 72.9 Å². The van der Waals surface area contributed by atoms with E-state index in [1.54, 1.807) is 48.5 Å². The number of phenols is 1. The first-order chi connectivity index (χ1) is 30.9. The van der Waals surface area contributed by atoms with Crippen LogP contribution in [0.4, 0.5) is 43.9 Å². The molecule has 0 radical (unpaired) electrons. The Morgan fingerprint density at radius 2 is 0.910 bits per heavy atom. The second-order valence-corrected chi connectivity index (χ2v) is 15.4. The van der Waals surface area contributed by atoms with Gasteiger partial charge < -0.3 is 34.2 Å². The van der Waals surface area contributed by atoms with Gasteiger partial charge in [-0.15, -0.1) is 0 Å². The average molecular weight is 937 g/mol. The molecule has 2 aliphatic rings. The lowest BCUT2D eigenvalue weighted by molar-refractivity contribution is -0.123. The largest absolute Gasteiger partial charge is 0.508 e. The normalized spacial score (nSPS) is 13.1. The fourth-order valence-corrected chi connectivity index (χ4v) is 7.67. The Labute approximate surface area is 381 Å². The lowest BCUT2D eigenvalue weighted by Crippen LogP contribution is -2.23. The number of hydrogen-bond donors (Lipinski definition) is 1. The topological polar surface area (TPSA) is 47.9 Å². The molecule has 8 rings (SSSR count). The molecule has 6 aromatic rings. The zero-order valence-electron chi connectivity index (χ0n) is 37.1. The molecular weight excluding hydrogens is 891 g/mol. The predicted molar refractivity (Wildman–Crippen MR) is 240 cm³/mol. The third-order valence-electron chi connectivity index (χ3n) is 10.7. The second kappa shape index (κ2) is 20.9. The molecule has 2 heterocycles. The molecule has 0 aliphatic carbocycles. The van der Waals surface area contributed by atoms with Crippen molar-refractivity contribution in [3.05, 3.63) is 189 Å². The molecule has 354 valence electrons. The van der Waals surface area contributed by atoms with Crippen LogP contribution in [0.25, 0.3) is 23.3 Å². The highest BCUT2D eigenvalue weighted by molar-refractivity contribution is 5.86. The maximum atomic E-state index is 14.8. The van der Waals surface area contributed by atoms with Gasteiger partial charge in [0.2, 0.25) is 0 Å². The quantitative estimate of drug-likeness (QED) is 0.116. The minimum absolute atomic E-state index is 0. The minimum Gasteiger partial charge on any atom is -0.508 e. The third kappa shape index (κ3) is 11.6. The van der Waals surface area contributed by atoms with Gasteiger partial charge in [-0.2, -0.15) is 26.3 Å². The van der Waals surface area contributed by atoms with E-state index in [-0.39, 0.29) is 47.8 Å². The molecule has 2 aliphatic heterocycles. The van der Waals surface area contributed by atoms with Crippen molar-refractivity contribution in [1.29, 1.82) is 0 Å². The summed E-state index contributed by atoms with van der Waals surface area (Å²) in [6.45, 7) is 3.84. The van der Waals surface area contributed by atoms with Crippen molar-refractivity contribution in [1.82, 2.24) is 0 Å². The number of halogens is 10. The third-order valence-corrected chi connectivity index (χ3v) is 10.7. The molecule has 0 fully saturated rings. The molecule has 0 saturated carbocycles. The van der Waals surface area contributed by atoms with E-state index in [0.717, 1.165) is 30.7 Å². The van der Waals surface area contributed by atoms with Crippen LogP contribution in [0, 0.1) is 38.1 Å². The minimum atomic E-state index is -4.47. The fourth-order valence-electron chi connectivity index (χ4n) is 7.67. The van der Waals surface area contributed by atoms with Gasteiger partial charge in [0.1, 0.15) is 57.8 Å². The summed E-state index contributed by atoms with van der Waals surface area (Å²) in [5, 5.41) is 9.82. The zero-order chi connectivity index (χ0) is 46.8. The maximum Gasteiger partial charge on any atom is 0.392 e. The van der Waals surface area contributed by atoms with Gasteiger partial charge in [0.25, 0.3) is 0 Å². The number of aromatic hydroxyl groups is 1. The van der Waals surface area contributed by atoms with E-state index in [1.165, 1.54) is 43.5 Å². The SMILES string of the molecule is CCCc1cc2c(cc1F)C(c1ccc(O)cc1)=c1cc(F)/c(=C\CC(F)(F)F)cc1O2.CCCc1cc2c(cc1F)C(c1ccc(OC)cc1)=c1cc(F)/c(=C\CC(F)(F)F)cc1O2.[CH3-].[CH3-]. The second-order valence-electron chi connectivity index (χ2n) is 15.4. The van der Waals surface area contributed by atoms with Gasteiger partial charge in [-0.3, -0.25) is 0 Å². The van der Waals surface area contributed by atoms with E-state index in [4.69, 9.17) is 14.2 Å². The number of alkyl halides is 6. The number of ether oxygens (including phenoxy) is 3. The molecule has 1 N–H and O–H groups in total. The average Bonchev–Trinajstić information content (AvgIpc) is 3.25. The molecule has 4 nitrogen and oxygen atoms in total. The van der Waals surface area contributed by atoms with Gasteiger partial charge in [-0.1, -0.05) is 63.1 Å². The first-order valence-electron chi connectivity index (χ1n) is 20.5. The Morgan fingerprint density at radius 1 is 0.522 bits per heavy atom. The molecule has 0 bridgehead atoms. The molecule has 0 atom stereocenters. The molecule has 0 unspecified atom stereocenters. The highest BCUT2D eigenvalue weighted by Gasteiger charge is 2.28.